The van der Waals surface area contributed by atoms with Gasteiger partial charge in [-0.15, -0.1) is 5.10 Å². The van der Waals surface area contributed by atoms with E-state index in [1.165, 1.54) is 36.1 Å². The van der Waals surface area contributed by atoms with Gasteiger partial charge in [-0.25, -0.2) is 9.48 Å². The van der Waals surface area contributed by atoms with E-state index < -0.39 is 17.5 Å². The number of nitro benzene ring substituents is 1. The molecule has 4 aliphatic carbocycles. The Morgan fingerprint density at radius 1 is 1.24 bits per heavy atom. The Hall–Kier alpha value is -3.02. The van der Waals surface area contributed by atoms with E-state index in [0.29, 0.717) is 22.9 Å². The van der Waals surface area contributed by atoms with Crippen LogP contribution in [0, 0.1) is 27.9 Å². The summed E-state index contributed by atoms with van der Waals surface area (Å²) in [5.41, 5.74) is -0.426. The summed E-state index contributed by atoms with van der Waals surface area (Å²) in [7, 11) is 1.62. The number of esters is 1. The first-order valence-electron chi connectivity index (χ1n) is 11.0. The molecule has 33 heavy (non-hydrogen) atoms. The van der Waals surface area contributed by atoms with Gasteiger partial charge in [0.25, 0.3) is 11.6 Å². The van der Waals surface area contributed by atoms with Gasteiger partial charge in [-0.05, 0) is 90.6 Å². The lowest BCUT2D eigenvalue weighted by Gasteiger charge is -2.56. The van der Waals surface area contributed by atoms with Crippen molar-refractivity contribution < 1.29 is 19.2 Å². The van der Waals surface area contributed by atoms with Crippen molar-refractivity contribution >= 4 is 29.3 Å². The van der Waals surface area contributed by atoms with Gasteiger partial charge in [0.2, 0.25) is 5.16 Å². The van der Waals surface area contributed by atoms with E-state index in [1.807, 2.05) is 0 Å². The van der Waals surface area contributed by atoms with Crippen LogP contribution in [-0.4, -0.2) is 49.2 Å². The first-order valence-corrected chi connectivity index (χ1v) is 11.8. The van der Waals surface area contributed by atoms with Gasteiger partial charge >= 0.3 is 5.97 Å². The summed E-state index contributed by atoms with van der Waals surface area (Å²) in [5.74, 6) is 0.965. The topological polar surface area (TPSA) is 142 Å². The van der Waals surface area contributed by atoms with E-state index in [-0.39, 0.29) is 27.6 Å². The molecular weight excluding hydrogens is 448 g/mol. The molecule has 4 aliphatic rings. The van der Waals surface area contributed by atoms with Crippen molar-refractivity contribution in [2.45, 2.75) is 54.1 Å². The largest absolute Gasteiger partial charge is 0.452 e. The van der Waals surface area contributed by atoms with Crippen LogP contribution in [-0.2, 0) is 16.6 Å². The number of rotatable bonds is 7. The molecule has 11 nitrogen and oxygen atoms in total. The molecule has 1 heterocycles. The molecule has 4 fully saturated rings. The Balaban J connectivity index is 1.21. The Morgan fingerprint density at radius 3 is 2.48 bits per heavy atom. The Bertz CT molecular complexity index is 1080. The van der Waals surface area contributed by atoms with Gasteiger partial charge in [0.15, 0.2) is 6.61 Å². The van der Waals surface area contributed by atoms with Crippen LogP contribution in [0.25, 0.3) is 0 Å². The number of nitrogens with one attached hydrogen (secondary N) is 1. The molecule has 0 atom stereocenters. The third kappa shape index (κ3) is 4.43. The average molecular weight is 473 g/mol. The van der Waals surface area contributed by atoms with Crippen LogP contribution in [0.5, 0.6) is 0 Å². The Labute approximate surface area is 193 Å². The Kier molecular flexibility index (Phi) is 5.55. The molecule has 0 aliphatic heterocycles. The number of tetrazole rings is 1. The van der Waals surface area contributed by atoms with Crippen LogP contribution in [0.2, 0.25) is 0 Å². The van der Waals surface area contributed by atoms with Crippen LogP contribution in [0.4, 0.5) is 5.69 Å². The lowest BCUT2D eigenvalue weighted by Crippen LogP contribution is -2.60. The van der Waals surface area contributed by atoms with Crippen molar-refractivity contribution in [2.24, 2.45) is 24.8 Å². The van der Waals surface area contributed by atoms with E-state index in [1.54, 1.807) is 7.05 Å². The predicted octanol–water partition coefficient (Wildman–Crippen LogP) is 2.51. The van der Waals surface area contributed by atoms with E-state index in [4.69, 9.17) is 4.74 Å². The SMILES string of the molecule is Cn1nnnc1Sc1ccc(C(=O)OCC(=O)NC23CC4CC(CC(C4)C2)C3)cc1[N+](=O)[O-]. The van der Waals surface area contributed by atoms with Crippen LogP contribution in [0.1, 0.15) is 48.9 Å². The Morgan fingerprint density at radius 2 is 1.91 bits per heavy atom. The van der Waals surface area contributed by atoms with Crippen molar-refractivity contribution in [2.75, 3.05) is 6.61 Å². The number of aryl methyl sites for hydroxylation is 1. The lowest BCUT2D eigenvalue weighted by molar-refractivity contribution is -0.387. The van der Waals surface area contributed by atoms with Crippen molar-refractivity contribution in [3.8, 4) is 0 Å². The van der Waals surface area contributed by atoms with Gasteiger partial charge in [-0.2, -0.15) is 0 Å². The second-order valence-corrected chi connectivity index (χ2v) is 10.5. The average Bonchev–Trinajstić information content (AvgIpc) is 3.15. The normalized spacial score (nSPS) is 27.4. The quantitative estimate of drug-likeness (QED) is 0.365. The van der Waals surface area contributed by atoms with Crippen molar-refractivity contribution in [3.63, 3.8) is 0 Å². The van der Waals surface area contributed by atoms with Gasteiger partial charge in [0, 0.05) is 18.7 Å². The zero-order valence-corrected chi connectivity index (χ0v) is 18.9. The summed E-state index contributed by atoms with van der Waals surface area (Å²) in [4.78, 5) is 36.3. The third-order valence-corrected chi connectivity index (χ3v) is 8.04. The number of carbonyl (C=O) groups is 2. The zero-order valence-electron chi connectivity index (χ0n) is 18.1. The van der Waals surface area contributed by atoms with Crippen molar-refractivity contribution in [1.82, 2.24) is 25.5 Å². The van der Waals surface area contributed by atoms with E-state index in [2.05, 4.69) is 20.8 Å². The molecule has 6 rings (SSSR count). The number of nitrogens with zero attached hydrogens (tertiary/aromatic N) is 5. The number of carbonyl (C=O) groups excluding carboxylic acids is 2. The summed E-state index contributed by atoms with van der Waals surface area (Å²) >= 11 is 1.01. The maximum atomic E-state index is 12.6. The maximum absolute atomic E-state index is 12.6. The molecule has 4 saturated carbocycles. The third-order valence-electron chi connectivity index (χ3n) is 6.95. The molecule has 4 bridgehead atoms. The second-order valence-electron chi connectivity index (χ2n) is 9.45. The first-order chi connectivity index (χ1) is 15.8. The van der Waals surface area contributed by atoms with Crippen molar-refractivity contribution in [1.29, 1.82) is 0 Å². The molecule has 0 radical (unpaired) electrons. The molecule has 0 spiro atoms. The monoisotopic (exact) mass is 472 g/mol. The fraction of sp³-hybridized carbons (Fsp3) is 0.571. The molecular formula is C21H24N6O5S. The van der Waals surface area contributed by atoms with Crippen LogP contribution in [0.15, 0.2) is 28.3 Å². The predicted molar refractivity (Wildman–Crippen MR) is 115 cm³/mol. The molecule has 1 amide bonds. The number of hydrogen-bond donors (Lipinski definition) is 1. The molecule has 1 N–H and O–H groups in total. The van der Waals surface area contributed by atoms with Crippen LogP contribution < -0.4 is 5.32 Å². The zero-order chi connectivity index (χ0) is 23.2. The second kappa shape index (κ2) is 8.40. The lowest BCUT2D eigenvalue weighted by atomic mass is 9.53. The summed E-state index contributed by atoms with van der Waals surface area (Å²) in [5, 5.41) is 26.1. The summed E-state index contributed by atoms with van der Waals surface area (Å²) in [6.07, 6.45) is 6.82. The van der Waals surface area contributed by atoms with Gasteiger partial charge in [-0.3, -0.25) is 14.9 Å². The molecule has 0 unspecified atom stereocenters. The van der Waals surface area contributed by atoms with Crippen LogP contribution >= 0.6 is 11.8 Å². The van der Waals surface area contributed by atoms with Gasteiger partial charge < -0.3 is 10.1 Å². The molecule has 2 aromatic rings. The molecule has 174 valence electrons. The molecule has 0 saturated heterocycles. The first kappa shape index (κ1) is 21.8. The number of amides is 1. The van der Waals surface area contributed by atoms with E-state index in [0.717, 1.165) is 37.1 Å². The number of hydrogen-bond acceptors (Lipinski definition) is 9. The van der Waals surface area contributed by atoms with E-state index in [9.17, 15) is 19.7 Å². The number of ether oxygens (including phenoxy) is 1. The fourth-order valence-electron chi connectivity index (χ4n) is 6.09. The number of benzene rings is 1. The number of aromatic nitrogens is 4. The minimum absolute atomic E-state index is 0.00439. The van der Waals surface area contributed by atoms with E-state index >= 15 is 0 Å². The molecule has 1 aromatic heterocycles. The highest BCUT2D eigenvalue weighted by molar-refractivity contribution is 7.99. The fourth-order valence-corrected chi connectivity index (χ4v) is 6.91. The minimum Gasteiger partial charge on any atom is -0.452 e. The van der Waals surface area contributed by atoms with Crippen LogP contribution in [0.3, 0.4) is 0 Å². The summed E-state index contributed by atoms with van der Waals surface area (Å²) < 4.78 is 6.57. The van der Waals surface area contributed by atoms with Crippen molar-refractivity contribution in [3.05, 3.63) is 33.9 Å². The summed E-state index contributed by atoms with van der Waals surface area (Å²) in [6, 6.07) is 4.02. The van der Waals surface area contributed by atoms with Gasteiger partial charge in [0.1, 0.15) is 0 Å². The minimum atomic E-state index is -0.782. The molecule has 12 heteroatoms. The standard InChI is InChI=1S/C21H24N6O5S/c1-26-20(23-24-25-26)33-17-3-2-15(7-16(17)27(30)31)19(29)32-11-18(28)22-21-8-12-4-13(9-21)6-14(5-12)10-21/h2-3,7,12-14H,4-6,8-11H2,1H3,(H,22,28). The highest BCUT2D eigenvalue weighted by Crippen LogP contribution is 2.55. The van der Waals surface area contributed by atoms with Gasteiger partial charge in [-0.1, -0.05) is 0 Å². The highest BCUT2D eigenvalue weighted by Gasteiger charge is 2.51. The summed E-state index contributed by atoms with van der Waals surface area (Å²) in [6.45, 7) is -0.407. The highest BCUT2D eigenvalue weighted by atomic mass is 32.2. The maximum Gasteiger partial charge on any atom is 0.338 e. The number of nitro groups is 1. The molecule has 1 aromatic carbocycles. The van der Waals surface area contributed by atoms with Gasteiger partial charge in [0.05, 0.1) is 15.4 Å². The smallest absolute Gasteiger partial charge is 0.338 e.